The van der Waals surface area contributed by atoms with Crippen molar-refractivity contribution < 1.29 is 18.3 Å². The van der Waals surface area contributed by atoms with Crippen LogP contribution >= 0.6 is 11.8 Å². The van der Waals surface area contributed by atoms with Crippen molar-refractivity contribution in [1.82, 2.24) is 15.2 Å². The Morgan fingerprint density at radius 2 is 2.00 bits per heavy atom. The largest absolute Gasteiger partial charge is 0.478 e. The average molecular weight is 313 g/mol. The van der Waals surface area contributed by atoms with Crippen LogP contribution in [0.4, 0.5) is 0 Å². The highest BCUT2D eigenvalue weighted by Crippen LogP contribution is 2.16. The maximum atomic E-state index is 12.0. The van der Waals surface area contributed by atoms with E-state index in [1.165, 1.54) is 42.4 Å². The smallest absolute Gasteiger partial charge is 0.335 e. The maximum Gasteiger partial charge on any atom is 0.335 e. The van der Waals surface area contributed by atoms with Gasteiger partial charge in [0.2, 0.25) is 0 Å². The van der Waals surface area contributed by atoms with Crippen molar-refractivity contribution in [3.8, 4) is 0 Å². The summed E-state index contributed by atoms with van der Waals surface area (Å²) in [6, 6.07) is 5.16. The summed E-state index contributed by atoms with van der Waals surface area (Å²) in [7, 11) is -3.43. The van der Waals surface area contributed by atoms with Crippen LogP contribution in [0.5, 0.6) is 0 Å². The fourth-order valence-corrected chi connectivity index (χ4v) is 3.86. The van der Waals surface area contributed by atoms with Gasteiger partial charge in [-0.15, -0.1) is 0 Å². The van der Waals surface area contributed by atoms with E-state index < -0.39 is 15.8 Å². The molecule has 1 heterocycles. The Hall–Kier alpha value is -1.87. The Balaban J connectivity index is 2.00. The zero-order chi connectivity index (χ0) is 14.6. The van der Waals surface area contributed by atoms with E-state index in [0.717, 1.165) is 0 Å². The van der Waals surface area contributed by atoms with Gasteiger partial charge in [-0.2, -0.15) is 5.10 Å². The van der Waals surface area contributed by atoms with E-state index in [0.29, 0.717) is 10.9 Å². The Morgan fingerprint density at radius 3 is 2.55 bits per heavy atom. The van der Waals surface area contributed by atoms with Crippen LogP contribution in [0.15, 0.2) is 40.6 Å². The number of aromatic nitrogens is 3. The highest BCUT2D eigenvalue weighted by molar-refractivity contribution is 8.00. The second kappa shape index (κ2) is 6.06. The fourth-order valence-electron chi connectivity index (χ4n) is 1.43. The van der Waals surface area contributed by atoms with Gasteiger partial charge in [-0.05, 0) is 24.3 Å². The minimum atomic E-state index is -3.43. The normalized spacial score (nSPS) is 11.4. The maximum absolute atomic E-state index is 12.0. The van der Waals surface area contributed by atoms with Crippen LogP contribution in [0.2, 0.25) is 0 Å². The molecule has 0 aliphatic rings. The lowest BCUT2D eigenvalue weighted by Crippen LogP contribution is -2.09. The minimum Gasteiger partial charge on any atom is -0.478 e. The van der Waals surface area contributed by atoms with Gasteiger partial charge in [-0.1, -0.05) is 11.8 Å². The van der Waals surface area contributed by atoms with Crippen molar-refractivity contribution >= 4 is 27.6 Å². The Morgan fingerprint density at radius 1 is 1.30 bits per heavy atom. The monoisotopic (exact) mass is 313 g/mol. The van der Waals surface area contributed by atoms with Crippen molar-refractivity contribution in [3.05, 3.63) is 36.2 Å². The topological polar surface area (TPSA) is 113 Å². The summed E-state index contributed by atoms with van der Waals surface area (Å²) in [5.74, 6) is -0.821. The first-order chi connectivity index (χ1) is 9.49. The van der Waals surface area contributed by atoms with Gasteiger partial charge in [0.05, 0.1) is 16.2 Å². The predicted octanol–water partition coefficient (Wildman–Crippen LogP) is 1.07. The SMILES string of the molecule is O=C(O)c1ccc(S(=O)(=O)CCSc2ncn[nH]2)cc1. The lowest BCUT2D eigenvalue weighted by molar-refractivity contribution is 0.0697. The molecule has 0 unspecified atom stereocenters. The molecule has 0 bridgehead atoms. The van der Waals surface area contributed by atoms with Crippen molar-refractivity contribution in [2.75, 3.05) is 11.5 Å². The molecular formula is C11H11N3O4S2. The van der Waals surface area contributed by atoms with Crippen molar-refractivity contribution in [2.45, 2.75) is 10.1 Å². The molecule has 20 heavy (non-hydrogen) atoms. The molecule has 0 saturated carbocycles. The Labute approximate surface area is 119 Å². The summed E-state index contributed by atoms with van der Waals surface area (Å²) in [6.45, 7) is 0. The number of sulfone groups is 1. The lowest BCUT2D eigenvalue weighted by Gasteiger charge is -2.04. The molecule has 7 nitrogen and oxygen atoms in total. The second-order valence-electron chi connectivity index (χ2n) is 3.79. The third-order valence-corrected chi connectivity index (χ3v) is 5.31. The number of nitrogens with one attached hydrogen (secondary N) is 1. The summed E-state index contributed by atoms with van der Waals surface area (Å²) >= 11 is 1.25. The van der Waals surface area contributed by atoms with Gasteiger partial charge in [0.25, 0.3) is 0 Å². The van der Waals surface area contributed by atoms with Crippen molar-refractivity contribution in [3.63, 3.8) is 0 Å². The number of rotatable bonds is 6. The standard InChI is InChI=1S/C11H11N3O4S2/c15-10(16)8-1-3-9(4-2-8)20(17,18)6-5-19-11-12-7-13-14-11/h1-4,7H,5-6H2,(H,15,16)(H,12,13,14). The molecule has 9 heteroatoms. The number of hydrogen-bond donors (Lipinski definition) is 2. The number of carboxylic acids is 1. The van der Waals surface area contributed by atoms with Crippen LogP contribution in [0, 0.1) is 0 Å². The van der Waals surface area contributed by atoms with Crippen molar-refractivity contribution in [2.24, 2.45) is 0 Å². The van der Waals surface area contributed by atoms with Crippen LogP contribution in [0.1, 0.15) is 10.4 Å². The second-order valence-corrected chi connectivity index (χ2v) is 6.98. The molecule has 0 atom stereocenters. The van der Waals surface area contributed by atoms with Gasteiger partial charge >= 0.3 is 5.97 Å². The zero-order valence-electron chi connectivity index (χ0n) is 10.2. The van der Waals surface area contributed by atoms with E-state index in [1.807, 2.05) is 0 Å². The van der Waals surface area contributed by atoms with E-state index >= 15 is 0 Å². The molecule has 0 fully saturated rings. The number of aromatic carboxylic acids is 1. The molecule has 0 aliphatic carbocycles. The van der Waals surface area contributed by atoms with E-state index in [2.05, 4.69) is 15.2 Å². The molecule has 0 aliphatic heterocycles. The molecule has 0 radical (unpaired) electrons. The molecule has 2 aromatic rings. The summed E-state index contributed by atoms with van der Waals surface area (Å²) in [4.78, 5) is 14.7. The average Bonchev–Trinajstić information content (AvgIpc) is 2.92. The molecule has 106 valence electrons. The number of hydrogen-bond acceptors (Lipinski definition) is 6. The molecule has 0 amide bonds. The van der Waals surface area contributed by atoms with Crippen molar-refractivity contribution in [1.29, 1.82) is 0 Å². The molecule has 0 saturated heterocycles. The number of benzene rings is 1. The molecule has 2 rings (SSSR count). The van der Waals surface area contributed by atoms with E-state index in [1.54, 1.807) is 0 Å². The van der Waals surface area contributed by atoms with Crippen LogP contribution < -0.4 is 0 Å². The minimum absolute atomic E-state index is 0.0555. The number of nitrogens with zero attached hydrogens (tertiary/aromatic N) is 2. The zero-order valence-corrected chi connectivity index (χ0v) is 11.8. The summed E-state index contributed by atoms with van der Waals surface area (Å²) < 4.78 is 24.1. The number of thioether (sulfide) groups is 1. The number of aromatic amines is 1. The van der Waals surface area contributed by atoms with Gasteiger partial charge in [0.1, 0.15) is 6.33 Å². The first-order valence-corrected chi connectivity index (χ1v) is 8.17. The molecule has 1 aromatic heterocycles. The quantitative estimate of drug-likeness (QED) is 0.767. The Kier molecular flexibility index (Phi) is 4.40. The van der Waals surface area contributed by atoms with E-state index in [9.17, 15) is 13.2 Å². The van der Waals surface area contributed by atoms with Crippen LogP contribution in [0.3, 0.4) is 0 Å². The predicted molar refractivity (Wildman–Crippen MR) is 72.6 cm³/mol. The first kappa shape index (κ1) is 14.5. The van der Waals surface area contributed by atoms with Gasteiger partial charge in [0, 0.05) is 5.75 Å². The molecule has 2 N–H and O–H groups in total. The highest BCUT2D eigenvalue weighted by atomic mass is 32.2. The third-order valence-electron chi connectivity index (χ3n) is 2.44. The van der Waals surface area contributed by atoms with E-state index in [-0.39, 0.29) is 16.2 Å². The molecular weight excluding hydrogens is 302 g/mol. The number of carbonyl (C=O) groups is 1. The third kappa shape index (κ3) is 3.58. The van der Waals surface area contributed by atoms with Gasteiger partial charge in [-0.25, -0.2) is 18.2 Å². The van der Waals surface area contributed by atoms with Gasteiger partial charge in [-0.3, -0.25) is 5.10 Å². The summed E-state index contributed by atoms with van der Waals surface area (Å²) in [5.41, 5.74) is 0.0555. The summed E-state index contributed by atoms with van der Waals surface area (Å²) in [6.07, 6.45) is 1.35. The van der Waals surface area contributed by atoms with Crippen LogP contribution in [0.25, 0.3) is 0 Å². The first-order valence-electron chi connectivity index (χ1n) is 5.53. The van der Waals surface area contributed by atoms with Gasteiger partial charge in [0.15, 0.2) is 15.0 Å². The Bertz CT molecular complexity index is 681. The number of H-pyrrole nitrogens is 1. The van der Waals surface area contributed by atoms with E-state index in [4.69, 9.17) is 5.11 Å². The molecule has 0 spiro atoms. The van der Waals surface area contributed by atoms with Crippen LogP contribution in [-0.4, -0.2) is 46.2 Å². The number of carboxylic acid groups (broad SMARTS) is 1. The lowest BCUT2D eigenvalue weighted by atomic mass is 10.2. The molecule has 1 aromatic carbocycles. The van der Waals surface area contributed by atoms with Crippen LogP contribution in [-0.2, 0) is 9.84 Å². The summed E-state index contributed by atoms with van der Waals surface area (Å²) in [5, 5.41) is 15.6. The van der Waals surface area contributed by atoms with Gasteiger partial charge < -0.3 is 5.11 Å². The highest BCUT2D eigenvalue weighted by Gasteiger charge is 2.15. The fraction of sp³-hybridized carbons (Fsp3) is 0.182.